The van der Waals surface area contributed by atoms with E-state index in [4.69, 9.17) is 4.74 Å². The summed E-state index contributed by atoms with van der Waals surface area (Å²) in [5, 5.41) is 0. The van der Waals surface area contributed by atoms with Gasteiger partial charge in [-0.15, -0.1) is 0 Å². The number of Topliss-reactive ketones (excluding diaryl/α,β-unsaturated/α-hetero) is 1. The van der Waals surface area contributed by atoms with Crippen LogP contribution in [-0.4, -0.2) is 29.9 Å². The number of methoxy groups -OCH3 is 1. The zero-order valence-electron chi connectivity index (χ0n) is 17.6. The van der Waals surface area contributed by atoms with Crippen LogP contribution in [0.5, 0.6) is 5.75 Å². The molecule has 1 aliphatic heterocycles. The maximum atomic E-state index is 12.8. The van der Waals surface area contributed by atoms with Crippen molar-refractivity contribution < 1.29 is 9.53 Å². The molecule has 3 aliphatic rings. The Labute approximate surface area is 170 Å². The van der Waals surface area contributed by atoms with E-state index in [0.29, 0.717) is 29.7 Å². The monoisotopic (exact) mass is 383 g/mol. The van der Waals surface area contributed by atoms with Crippen LogP contribution in [0, 0.1) is 11.8 Å². The van der Waals surface area contributed by atoms with Gasteiger partial charge in [-0.05, 0) is 55.2 Å². The van der Waals surface area contributed by atoms with Crippen LogP contribution in [0.3, 0.4) is 0 Å². The Bertz CT molecular complexity index is 598. The zero-order chi connectivity index (χ0) is 19.3. The summed E-state index contributed by atoms with van der Waals surface area (Å²) in [5.41, 5.74) is 1.36. The summed E-state index contributed by atoms with van der Waals surface area (Å²) in [7, 11) is 1.73. The van der Waals surface area contributed by atoms with Crippen molar-refractivity contribution in [3.8, 4) is 5.75 Å². The van der Waals surface area contributed by atoms with Gasteiger partial charge in [0.15, 0.2) is 0 Å². The maximum Gasteiger partial charge on any atom is 0.136 e. The fraction of sp³-hybridized carbons (Fsp3) is 0.720. The number of piperidine rings is 1. The lowest BCUT2D eigenvalue weighted by molar-refractivity contribution is -0.129. The lowest BCUT2D eigenvalue weighted by atomic mass is 9.73. The van der Waals surface area contributed by atoms with Crippen LogP contribution in [0.1, 0.15) is 82.6 Å². The molecular weight excluding hydrogens is 346 g/mol. The van der Waals surface area contributed by atoms with Crippen molar-refractivity contribution in [3.05, 3.63) is 29.8 Å². The fourth-order valence-electron chi connectivity index (χ4n) is 6.12. The molecule has 1 aromatic carbocycles. The Kier molecular flexibility index (Phi) is 6.72. The highest BCUT2D eigenvalue weighted by atomic mass is 16.5. The number of nitrogens with zero attached hydrogens (tertiary/aromatic N) is 1. The topological polar surface area (TPSA) is 29.5 Å². The van der Waals surface area contributed by atoms with Crippen LogP contribution < -0.4 is 4.74 Å². The number of benzene rings is 1. The molecule has 3 fully saturated rings. The van der Waals surface area contributed by atoms with Crippen molar-refractivity contribution in [3.63, 3.8) is 0 Å². The van der Waals surface area contributed by atoms with E-state index >= 15 is 0 Å². The fourth-order valence-corrected chi connectivity index (χ4v) is 6.12. The molecule has 154 valence electrons. The number of ether oxygens (including phenoxy) is 1. The Balaban J connectivity index is 1.58. The first-order chi connectivity index (χ1) is 13.7. The largest absolute Gasteiger partial charge is 0.497 e. The van der Waals surface area contributed by atoms with Crippen LogP contribution >= 0.6 is 0 Å². The summed E-state index contributed by atoms with van der Waals surface area (Å²) < 4.78 is 5.35. The molecule has 1 aromatic rings. The van der Waals surface area contributed by atoms with Gasteiger partial charge >= 0.3 is 0 Å². The third kappa shape index (κ3) is 4.62. The van der Waals surface area contributed by atoms with E-state index in [2.05, 4.69) is 29.2 Å². The second kappa shape index (κ2) is 9.43. The average molecular weight is 384 g/mol. The smallest absolute Gasteiger partial charge is 0.136 e. The normalized spacial score (nSPS) is 28.4. The van der Waals surface area contributed by atoms with E-state index in [1.165, 1.54) is 69.8 Å². The predicted molar refractivity (Wildman–Crippen MR) is 114 cm³/mol. The van der Waals surface area contributed by atoms with Crippen LogP contribution in [0.15, 0.2) is 24.3 Å². The molecule has 0 amide bonds. The van der Waals surface area contributed by atoms with Gasteiger partial charge in [0.25, 0.3) is 0 Å². The Morgan fingerprint density at radius 1 is 0.821 bits per heavy atom. The molecule has 2 aliphatic carbocycles. The van der Waals surface area contributed by atoms with Crippen LogP contribution in [0.25, 0.3) is 0 Å². The van der Waals surface area contributed by atoms with Gasteiger partial charge in [-0.2, -0.15) is 0 Å². The molecule has 2 saturated carbocycles. The van der Waals surface area contributed by atoms with Crippen LogP contribution in [0.4, 0.5) is 0 Å². The van der Waals surface area contributed by atoms with Crippen molar-refractivity contribution in [2.45, 2.75) is 95.7 Å². The highest BCUT2D eigenvalue weighted by molar-refractivity contribution is 5.80. The SMILES string of the molecule is COc1ccc(CN2[C@@H](C3CCCCC3)CC(=O)C[C@H]2C2CCCCC2)cc1. The lowest BCUT2D eigenvalue weighted by Gasteiger charge is -2.49. The first kappa shape index (κ1) is 19.9. The van der Waals surface area contributed by atoms with Crippen molar-refractivity contribution >= 4 is 5.78 Å². The molecule has 4 rings (SSSR count). The number of carbonyl (C=O) groups excluding carboxylic acids is 1. The number of ketones is 1. The summed E-state index contributed by atoms with van der Waals surface area (Å²) >= 11 is 0. The quantitative estimate of drug-likeness (QED) is 0.647. The minimum atomic E-state index is 0.454. The molecule has 1 heterocycles. The second-order valence-electron chi connectivity index (χ2n) is 9.40. The van der Waals surface area contributed by atoms with E-state index in [0.717, 1.165) is 25.1 Å². The predicted octanol–water partition coefficient (Wildman–Crippen LogP) is 5.76. The number of hydrogen-bond acceptors (Lipinski definition) is 3. The molecule has 0 radical (unpaired) electrons. The first-order valence-electron chi connectivity index (χ1n) is 11.6. The maximum absolute atomic E-state index is 12.8. The van der Waals surface area contributed by atoms with E-state index in [1.807, 2.05) is 0 Å². The summed E-state index contributed by atoms with van der Waals surface area (Å²) in [5.74, 6) is 2.87. The molecule has 0 spiro atoms. The molecule has 3 nitrogen and oxygen atoms in total. The highest BCUT2D eigenvalue weighted by Gasteiger charge is 2.42. The van der Waals surface area contributed by atoms with Crippen molar-refractivity contribution in [1.29, 1.82) is 0 Å². The Hall–Kier alpha value is -1.35. The van der Waals surface area contributed by atoms with Crippen molar-refractivity contribution in [2.75, 3.05) is 7.11 Å². The summed E-state index contributed by atoms with van der Waals surface area (Å²) in [6, 6.07) is 9.49. The minimum absolute atomic E-state index is 0.454. The molecule has 0 aromatic heterocycles. The summed E-state index contributed by atoms with van der Waals surface area (Å²) in [6.45, 7) is 0.986. The van der Waals surface area contributed by atoms with Gasteiger partial charge in [-0.3, -0.25) is 9.69 Å². The number of hydrogen-bond donors (Lipinski definition) is 0. The highest BCUT2D eigenvalue weighted by Crippen LogP contribution is 2.40. The van der Waals surface area contributed by atoms with Gasteiger partial charge in [0.1, 0.15) is 11.5 Å². The summed E-state index contributed by atoms with van der Waals surface area (Å²) in [4.78, 5) is 15.6. The number of rotatable bonds is 5. The summed E-state index contributed by atoms with van der Waals surface area (Å²) in [6.07, 6.45) is 15.0. The molecule has 3 heteroatoms. The standard InChI is InChI=1S/C25H37NO2/c1-28-23-14-12-19(13-15-23)18-26-24(20-8-4-2-5-9-20)16-22(27)17-25(26)21-10-6-3-7-11-21/h12-15,20-21,24-25H,2-11,16-18H2,1H3/t24-,25+. The minimum Gasteiger partial charge on any atom is -0.497 e. The average Bonchev–Trinajstić information content (AvgIpc) is 2.76. The van der Waals surface area contributed by atoms with Gasteiger partial charge < -0.3 is 4.74 Å². The van der Waals surface area contributed by atoms with Gasteiger partial charge in [0.05, 0.1) is 7.11 Å². The number of likely N-dealkylation sites (tertiary alicyclic amines) is 1. The van der Waals surface area contributed by atoms with Gasteiger partial charge in [-0.1, -0.05) is 50.7 Å². The van der Waals surface area contributed by atoms with Crippen molar-refractivity contribution in [1.82, 2.24) is 4.90 Å². The van der Waals surface area contributed by atoms with E-state index < -0.39 is 0 Å². The lowest BCUT2D eigenvalue weighted by Crippen LogP contribution is -2.55. The molecule has 28 heavy (non-hydrogen) atoms. The molecule has 0 unspecified atom stereocenters. The van der Waals surface area contributed by atoms with Gasteiger partial charge in [0.2, 0.25) is 0 Å². The Morgan fingerprint density at radius 2 is 1.32 bits per heavy atom. The molecular formula is C25H37NO2. The molecule has 0 bridgehead atoms. The molecule has 0 N–H and O–H groups in total. The van der Waals surface area contributed by atoms with E-state index in [9.17, 15) is 4.79 Å². The van der Waals surface area contributed by atoms with Crippen LogP contribution in [-0.2, 0) is 11.3 Å². The third-order valence-electron chi connectivity index (χ3n) is 7.64. The molecule has 2 atom stereocenters. The van der Waals surface area contributed by atoms with E-state index in [-0.39, 0.29) is 0 Å². The van der Waals surface area contributed by atoms with Crippen molar-refractivity contribution in [2.24, 2.45) is 11.8 Å². The Morgan fingerprint density at radius 3 is 1.79 bits per heavy atom. The number of carbonyl (C=O) groups is 1. The van der Waals surface area contributed by atoms with Gasteiger partial charge in [0, 0.05) is 31.5 Å². The first-order valence-corrected chi connectivity index (χ1v) is 11.6. The third-order valence-corrected chi connectivity index (χ3v) is 7.64. The van der Waals surface area contributed by atoms with Crippen LogP contribution in [0.2, 0.25) is 0 Å². The van der Waals surface area contributed by atoms with E-state index in [1.54, 1.807) is 7.11 Å². The van der Waals surface area contributed by atoms with Gasteiger partial charge in [-0.25, -0.2) is 0 Å². The second-order valence-corrected chi connectivity index (χ2v) is 9.40. The zero-order valence-corrected chi connectivity index (χ0v) is 17.6. The molecule has 1 saturated heterocycles.